The molecule has 0 bridgehead atoms. The second-order valence-electron chi connectivity index (χ2n) is 8.84. The van der Waals surface area contributed by atoms with E-state index in [2.05, 4.69) is 19.9 Å². The van der Waals surface area contributed by atoms with Crippen LogP contribution < -0.4 is 0 Å². The molecular weight excluding hydrogens is 279 g/mol. The lowest BCUT2D eigenvalue weighted by Gasteiger charge is -2.57. The summed E-state index contributed by atoms with van der Waals surface area (Å²) in [6, 6.07) is 0. The van der Waals surface area contributed by atoms with Crippen LogP contribution in [0.15, 0.2) is 11.6 Å². The van der Waals surface area contributed by atoms with Crippen molar-refractivity contribution in [1.82, 2.24) is 0 Å². The molecule has 0 amide bonds. The molecule has 4 rings (SSSR count). The molecule has 0 aromatic heterocycles. The summed E-state index contributed by atoms with van der Waals surface area (Å²) in [5.74, 6) is 1.33. The molecule has 0 unspecified atom stereocenters. The molecule has 4 aliphatic rings. The number of hydrogen-bond donors (Lipinski definition) is 2. The summed E-state index contributed by atoms with van der Waals surface area (Å²) in [6.45, 7) is 4.44. The van der Waals surface area contributed by atoms with E-state index in [1.807, 2.05) is 0 Å². The van der Waals surface area contributed by atoms with Gasteiger partial charge in [-0.05, 0) is 79.1 Å². The fourth-order valence-corrected chi connectivity index (χ4v) is 6.73. The molecule has 0 spiro atoms. The van der Waals surface area contributed by atoms with Gasteiger partial charge in [0, 0.05) is 0 Å². The summed E-state index contributed by atoms with van der Waals surface area (Å²) in [7, 11) is 0. The van der Waals surface area contributed by atoms with Gasteiger partial charge >= 0.3 is 0 Å². The summed E-state index contributed by atoms with van der Waals surface area (Å²) < 4.78 is 14.2. The third-order valence-electron chi connectivity index (χ3n) is 7.99. The first-order chi connectivity index (χ1) is 10.4. The lowest BCUT2D eigenvalue weighted by atomic mass is 9.48. The van der Waals surface area contributed by atoms with Crippen LogP contribution in [0.25, 0.3) is 0 Å². The van der Waals surface area contributed by atoms with E-state index in [0.717, 1.165) is 38.5 Å². The molecule has 124 valence electrons. The van der Waals surface area contributed by atoms with Crippen LogP contribution in [-0.4, -0.2) is 28.6 Å². The molecule has 0 radical (unpaired) electrons. The van der Waals surface area contributed by atoms with Crippen LogP contribution in [0, 0.1) is 28.6 Å². The molecule has 0 aromatic rings. The first-order valence-electron chi connectivity index (χ1n) is 9.08. The minimum Gasteiger partial charge on any atom is -0.390 e. The molecule has 22 heavy (non-hydrogen) atoms. The second kappa shape index (κ2) is 4.80. The Balaban J connectivity index is 1.71. The maximum atomic E-state index is 14.2. The topological polar surface area (TPSA) is 40.5 Å². The first kappa shape index (κ1) is 15.1. The van der Waals surface area contributed by atoms with E-state index < -0.39 is 12.3 Å². The fraction of sp³-hybridized carbons (Fsp3) is 0.895. The molecule has 0 aromatic carbocycles. The normalized spacial score (nSPS) is 57.6. The molecule has 4 aliphatic carbocycles. The summed E-state index contributed by atoms with van der Waals surface area (Å²) in [6.07, 6.45) is 6.80. The predicted molar refractivity (Wildman–Crippen MR) is 84.0 cm³/mol. The lowest BCUT2D eigenvalue weighted by molar-refractivity contribution is -0.0776. The van der Waals surface area contributed by atoms with Gasteiger partial charge < -0.3 is 10.2 Å². The second-order valence-corrected chi connectivity index (χ2v) is 8.84. The van der Waals surface area contributed by atoms with Crippen LogP contribution in [0.1, 0.15) is 58.8 Å². The standard InChI is InChI=1S/C19H29FO2/c1-18-8-3-4-16(21)13(18)6-5-11-12(18)7-9-19(2)14(11)10-15(20)17(19)22/h6,11-12,14-17,21-22H,3-5,7-10H2,1-2H3/t11-,12+,14+,15-,16+,17-,18-,19+/m1/s1. The Morgan fingerprint density at radius 2 is 1.91 bits per heavy atom. The number of halogens is 1. The lowest BCUT2D eigenvalue weighted by Crippen LogP contribution is -2.52. The first-order valence-corrected chi connectivity index (χ1v) is 9.08. The monoisotopic (exact) mass is 308 g/mol. The van der Waals surface area contributed by atoms with Crippen LogP contribution in [-0.2, 0) is 0 Å². The number of allylic oxidation sites excluding steroid dienone is 1. The molecule has 0 saturated heterocycles. The summed E-state index contributed by atoms with van der Waals surface area (Å²) in [4.78, 5) is 0. The Kier molecular flexibility index (Phi) is 3.30. The summed E-state index contributed by atoms with van der Waals surface area (Å²) >= 11 is 0. The van der Waals surface area contributed by atoms with Gasteiger partial charge in [0.2, 0.25) is 0 Å². The zero-order valence-electron chi connectivity index (χ0n) is 13.8. The minimum atomic E-state index is -1.05. The van der Waals surface area contributed by atoms with Gasteiger partial charge in [-0.3, -0.25) is 0 Å². The van der Waals surface area contributed by atoms with Crippen molar-refractivity contribution in [3.8, 4) is 0 Å². The minimum absolute atomic E-state index is 0.0985. The van der Waals surface area contributed by atoms with Crippen molar-refractivity contribution in [2.24, 2.45) is 28.6 Å². The molecule has 2 N–H and O–H groups in total. The quantitative estimate of drug-likeness (QED) is 0.671. The van der Waals surface area contributed by atoms with Gasteiger partial charge in [-0.25, -0.2) is 4.39 Å². The molecule has 3 saturated carbocycles. The average Bonchev–Trinajstić information content (AvgIpc) is 2.71. The maximum absolute atomic E-state index is 14.2. The van der Waals surface area contributed by atoms with E-state index in [9.17, 15) is 14.6 Å². The van der Waals surface area contributed by atoms with Crippen LogP contribution >= 0.6 is 0 Å². The Bertz CT molecular complexity index is 504. The highest BCUT2D eigenvalue weighted by Crippen LogP contribution is 2.65. The van der Waals surface area contributed by atoms with E-state index in [-0.39, 0.29) is 16.9 Å². The smallest absolute Gasteiger partial charge is 0.127 e. The van der Waals surface area contributed by atoms with Crippen molar-refractivity contribution in [3.63, 3.8) is 0 Å². The summed E-state index contributed by atoms with van der Waals surface area (Å²) in [5, 5.41) is 20.8. The van der Waals surface area contributed by atoms with Gasteiger partial charge in [0.25, 0.3) is 0 Å². The van der Waals surface area contributed by atoms with Crippen molar-refractivity contribution in [2.45, 2.75) is 77.2 Å². The highest BCUT2D eigenvalue weighted by atomic mass is 19.1. The molecule has 2 nitrogen and oxygen atoms in total. The Labute approximate surface area is 132 Å². The highest BCUT2D eigenvalue weighted by Gasteiger charge is 2.61. The van der Waals surface area contributed by atoms with E-state index in [0.29, 0.717) is 24.2 Å². The Morgan fingerprint density at radius 3 is 2.68 bits per heavy atom. The molecule has 0 aliphatic heterocycles. The van der Waals surface area contributed by atoms with Crippen LogP contribution in [0.3, 0.4) is 0 Å². The van der Waals surface area contributed by atoms with Gasteiger partial charge in [-0.15, -0.1) is 0 Å². The molecule has 3 heteroatoms. The number of aliphatic hydroxyl groups excluding tert-OH is 2. The van der Waals surface area contributed by atoms with Crippen LogP contribution in [0.4, 0.5) is 4.39 Å². The van der Waals surface area contributed by atoms with Crippen molar-refractivity contribution in [3.05, 3.63) is 11.6 Å². The van der Waals surface area contributed by atoms with Crippen molar-refractivity contribution in [2.75, 3.05) is 0 Å². The van der Waals surface area contributed by atoms with Crippen molar-refractivity contribution in [1.29, 1.82) is 0 Å². The van der Waals surface area contributed by atoms with E-state index in [1.54, 1.807) is 0 Å². The zero-order valence-corrected chi connectivity index (χ0v) is 13.8. The molecule has 0 heterocycles. The van der Waals surface area contributed by atoms with E-state index >= 15 is 0 Å². The number of hydrogen-bond acceptors (Lipinski definition) is 2. The van der Waals surface area contributed by atoms with E-state index in [1.165, 1.54) is 5.57 Å². The largest absolute Gasteiger partial charge is 0.390 e. The number of aliphatic hydroxyl groups is 2. The predicted octanol–water partition coefficient (Wildman–Crippen LogP) is 3.62. The summed E-state index contributed by atoms with van der Waals surface area (Å²) in [5.41, 5.74) is 1.12. The van der Waals surface area contributed by atoms with Gasteiger partial charge in [-0.2, -0.15) is 0 Å². The maximum Gasteiger partial charge on any atom is 0.127 e. The van der Waals surface area contributed by atoms with Gasteiger partial charge in [0.05, 0.1) is 12.2 Å². The number of rotatable bonds is 0. The molecule has 3 fully saturated rings. The van der Waals surface area contributed by atoms with Crippen molar-refractivity contribution >= 4 is 0 Å². The average molecular weight is 308 g/mol. The number of alkyl halides is 1. The van der Waals surface area contributed by atoms with Gasteiger partial charge in [0.1, 0.15) is 6.17 Å². The molecule has 8 atom stereocenters. The number of fused-ring (bicyclic) bond motifs is 5. The Hall–Kier alpha value is -0.410. The molecular formula is C19H29FO2. The van der Waals surface area contributed by atoms with Crippen LogP contribution in [0.5, 0.6) is 0 Å². The third kappa shape index (κ3) is 1.78. The van der Waals surface area contributed by atoms with Crippen LogP contribution in [0.2, 0.25) is 0 Å². The highest BCUT2D eigenvalue weighted by molar-refractivity contribution is 5.27. The van der Waals surface area contributed by atoms with Gasteiger partial charge in [-0.1, -0.05) is 19.9 Å². The van der Waals surface area contributed by atoms with Gasteiger partial charge in [0.15, 0.2) is 0 Å². The SMILES string of the molecule is C[C@]12CC[C@H]3[C@@H](CC=C4[C@@H](O)CCC[C@@]43C)[C@@H]1C[C@@H](F)[C@H]2O. The zero-order chi connectivity index (χ0) is 15.7. The fourth-order valence-electron chi connectivity index (χ4n) is 6.73. The van der Waals surface area contributed by atoms with E-state index in [4.69, 9.17) is 0 Å². The third-order valence-corrected chi connectivity index (χ3v) is 7.99. The van der Waals surface area contributed by atoms with Crippen molar-refractivity contribution < 1.29 is 14.6 Å². The Morgan fingerprint density at radius 1 is 1.14 bits per heavy atom.